The highest BCUT2D eigenvalue weighted by Crippen LogP contribution is 2.31. The first-order valence-corrected chi connectivity index (χ1v) is 10.0. The van der Waals surface area contributed by atoms with E-state index in [9.17, 15) is 4.79 Å². The quantitative estimate of drug-likeness (QED) is 0.792. The molecule has 144 valence electrons. The van der Waals surface area contributed by atoms with Crippen molar-refractivity contribution in [2.24, 2.45) is 0 Å². The van der Waals surface area contributed by atoms with Crippen molar-refractivity contribution in [1.82, 2.24) is 30.0 Å². The molecule has 1 fully saturated rings. The number of likely N-dealkylation sites (tertiary alicyclic amines) is 1. The van der Waals surface area contributed by atoms with E-state index in [1.54, 1.807) is 18.0 Å². The third-order valence-electron chi connectivity index (χ3n) is 5.56. The van der Waals surface area contributed by atoms with Crippen LogP contribution in [0.4, 0.5) is 0 Å². The summed E-state index contributed by atoms with van der Waals surface area (Å²) in [5.74, 6) is 0.372. The summed E-state index contributed by atoms with van der Waals surface area (Å²) in [6.45, 7) is 5.93. The second-order valence-corrected chi connectivity index (χ2v) is 7.65. The zero-order valence-corrected chi connectivity index (χ0v) is 16.0. The Hall–Kier alpha value is -2.28. The number of carbonyl (C=O) groups is 1. The average molecular weight is 368 g/mol. The molecule has 27 heavy (non-hydrogen) atoms. The van der Waals surface area contributed by atoms with Gasteiger partial charge in [-0.25, -0.2) is 14.6 Å². The number of hydrogen-bond donors (Lipinski definition) is 1. The number of nitrogens with one attached hydrogen (secondary N) is 1. The van der Waals surface area contributed by atoms with Crippen LogP contribution in [0.5, 0.6) is 0 Å². The van der Waals surface area contributed by atoms with Gasteiger partial charge in [-0.1, -0.05) is 11.6 Å². The van der Waals surface area contributed by atoms with Crippen LogP contribution >= 0.6 is 0 Å². The third-order valence-corrected chi connectivity index (χ3v) is 5.56. The van der Waals surface area contributed by atoms with Crippen molar-refractivity contribution in [3.63, 3.8) is 0 Å². The molecule has 0 aromatic carbocycles. The minimum Gasteiger partial charge on any atom is -0.354 e. The predicted molar refractivity (Wildman–Crippen MR) is 104 cm³/mol. The normalized spacial score (nSPS) is 20.8. The van der Waals surface area contributed by atoms with Crippen molar-refractivity contribution in [1.29, 1.82) is 0 Å². The first kappa shape index (κ1) is 18.1. The number of amides is 1. The van der Waals surface area contributed by atoms with E-state index in [0.29, 0.717) is 19.0 Å². The lowest BCUT2D eigenvalue weighted by Gasteiger charge is -2.20. The second-order valence-electron chi connectivity index (χ2n) is 7.65. The highest BCUT2D eigenvalue weighted by molar-refractivity contribution is 5.74. The Kier molecular flexibility index (Phi) is 5.48. The Morgan fingerprint density at radius 2 is 2.19 bits per heavy atom. The molecule has 2 aliphatic rings. The van der Waals surface area contributed by atoms with Crippen molar-refractivity contribution < 1.29 is 4.79 Å². The van der Waals surface area contributed by atoms with E-state index in [0.717, 1.165) is 42.9 Å². The Morgan fingerprint density at radius 1 is 1.30 bits per heavy atom. The summed E-state index contributed by atoms with van der Waals surface area (Å²) in [6.07, 6.45) is 12.2. The Balaban J connectivity index is 1.48. The SMILES string of the molecule is CC(=O)NCCn1nc([C@@H]2CCN(CC3=CCCCC3)C2)c2nccnc21. The minimum atomic E-state index is -0.0266. The Morgan fingerprint density at radius 3 is 3.00 bits per heavy atom. The number of hydrogen-bond acceptors (Lipinski definition) is 5. The fourth-order valence-electron chi connectivity index (χ4n) is 4.23. The summed E-state index contributed by atoms with van der Waals surface area (Å²) in [7, 11) is 0. The molecule has 2 aromatic rings. The molecular weight excluding hydrogens is 340 g/mol. The maximum atomic E-state index is 11.1. The van der Waals surface area contributed by atoms with Crippen LogP contribution in [0.2, 0.25) is 0 Å². The van der Waals surface area contributed by atoms with Gasteiger partial charge in [0.1, 0.15) is 5.52 Å². The molecule has 0 radical (unpaired) electrons. The molecular formula is C20H28N6O. The molecule has 1 saturated heterocycles. The number of rotatable bonds is 6. The topological polar surface area (TPSA) is 75.9 Å². The van der Waals surface area contributed by atoms with Gasteiger partial charge in [-0.15, -0.1) is 0 Å². The van der Waals surface area contributed by atoms with Gasteiger partial charge in [0, 0.05) is 44.9 Å². The minimum absolute atomic E-state index is 0.0266. The van der Waals surface area contributed by atoms with Crippen molar-refractivity contribution in [2.75, 3.05) is 26.2 Å². The van der Waals surface area contributed by atoms with Gasteiger partial charge in [0.2, 0.25) is 5.91 Å². The molecule has 7 heteroatoms. The lowest BCUT2D eigenvalue weighted by atomic mass is 9.99. The number of fused-ring (bicyclic) bond motifs is 1. The van der Waals surface area contributed by atoms with E-state index in [1.165, 1.54) is 32.6 Å². The van der Waals surface area contributed by atoms with Crippen LogP contribution in [0.3, 0.4) is 0 Å². The summed E-state index contributed by atoms with van der Waals surface area (Å²) >= 11 is 0. The first-order valence-electron chi connectivity index (χ1n) is 10.0. The first-order chi connectivity index (χ1) is 13.2. The summed E-state index contributed by atoms with van der Waals surface area (Å²) in [5.41, 5.74) is 4.38. The van der Waals surface area contributed by atoms with Crippen molar-refractivity contribution in [2.45, 2.75) is 51.5 Å². The van der Waals surface area contributed by atoms with Gasteiger partial charge in [-0.2, -0.15) is 5.10 Å². The molecule has 7 nitrogen and oxygen atoms in total. The molecule has 1 aliphatic carbocycles. The molecule has 1 N–H and O–H groups in total. The fourth-order valence-corrected chi connectivity index (χ4v) is 4.23. The monoisotopic (exact) mass is 368 g/mol. The predicted octanol–water partition coefficient (Wildman–Crippen LogP) is 2.25. The summed E-state index contributed by atoms with van der Waals surface area (Å²) < 4.78 is 1.89. The third kappa shape index (κ3) is 4.18. The van der Waals surface area contributed by atoms with Gasteiger partial charge in [-0.05, 0) is 38.6 Å². The van der Waals surface area contributed by atoms with Gasteiger partial charge in [0.25, 0.3) is 0 Å². The number of allylic oxidation sites excluding steroid dienone is 1. The number of nitrogens with zero attached hydrogens (tertiary/aromatic N) is 5. The van der Waals surface area contributed by atoms with Crippen molar-refractivity contribution >= 4 is 17.1 Å². The Labute approximate surface area is 159 Å². The van der Waals surface area contributed by atoms with E-state index < -0.39 is 0 Å². The van der Waals surface area contributed by atoms with Crippen LogP contribution in [0, 0.1) is 0 Å². The summed E-state index contributed by atoms with van der Waals surface area (Å²) in [4.78, 5) is 22.7. The van der Waals surface area contributed by atoms with E-state index >= 15 is 0 Å². The molecule has 3 heterocycles. The van der Waals surface area contributed by atoms with Crippen LogP contribution in [-0.2, 0) is 11.3 Å². The highest BCUT2D eigenvalue weighted by atomic mass is 16.1. The van der Waals surface area contributed by atoms with Crippen LogP contribution in [-0.4, -0.2) is 56.7 Å². The van der Waals surface area contributed by atoms with E-state index in [4.69, 9.17) is 5.10 Å². The molecule has 1 amide bonds. The standard InChI is InChI=1S/C20H28N6O/c1-15(27)21-10-12-26-20-19(22-8-9-23-20)18(24-26)17-7-11-25(14-17)13-16-5-3-2-4-6-16/h5,8-9,17H,2-4,6-7,10-14H2,1H3,(H,21,27)/t17-/m1/s1. The Bertz CT molecular complexity index is 842. The molecule has 1 aliphatic heterocycles. The molecule has 0 spiro atoms. The summed E-state index contributed by atoms with van der Waals surface area (Å²) in [5, 5.41) is 7.68. The lowest BCUT2D eigenvalue weighted by Crippen LogP contribution is -2.25. The molecule has 4 rings (SSSR count). The van der Waals surface area contributed by atoms with Gasteiger partial charge >= 0.3 is 0 Å². The zero-order chi connectivity index (χ0) is 18.6. The average Bonchev–Trinajstić information content (AvgIpc) is 3.27. The van der Waals surface area contributed by atoms with Crippen molar-refractivity contribution in [3.8, 4) is 0 Å². The fraction of sp³-hybridized carbons (Fsp3) is 0.600. The number of carbonyl (C=O) groups excluding carboxylic acids is 1. The zero-order valence-electron chi connectivity index (χ0n) is 16.0. The van der Waals surface area contributed by atoms with Gasteiger partial charge in [0.15, 0.2) is 5.65 Å². The van der Waals surface area contributed by atoms with Gasteiger partial charge in [-0.3, -0.25) is 9.69 Å². The van der Waals surface area contributed by atoms with E-state index in [1.807, 2.05) is 4.68 Å². The van der Waals surface area contributed by atoms with Crippen LogP contribution in [0.1, 0.15) is 50.6 Å². The largest absolute Gasteiger partial charge is 0.354 e. The molecule has 0 bridgehead atoms. The van der Waals surface area contributed by atoms with Crippen LogP contribution in [0.25, 0.3) is 11.2 Å². The summed E-state index contributed by atoms with van der Waals surface area (Å²) in [6, 6.07) is 0. The van der Waals surface area contributed by atoms with Gasteiger partial charge < -0.3 is 5.32 Å². The highest BCUT2D eigenvalue weighted by Gasteiger charge is 2.29. The maximum absolute atomic E-state index is 11.1. The second kappa shape index (κ2) is 8.17. The van der Waals surface area contributed by atoms with Gasteiger partial charge in [0.05, 0.1) is 12.2 Å². The molecule has 0 saturated carbocycles. The molecule has 1 atom stereocenters. The van der Waals surface area contributed by atoms with Crippen molar-refractivity contribution in [3.05, 3.63) is 29.7 Å². The van der Waals surface area contributed by atoms with E-state index in [-0.39, 0.29) is 5.91 Å². The molecule has 0 unspecified atom stereocenters. The van der Waals surface area contributed by atoms with Crippen LogP contribution < -0.4 is 5.32 Å². The van der Waals surface area contributed by atoms with E-state index in [2.05, 4.69) is 26.3 Å². The number of aromatic nitrogens is 4. The van der Waals surface area contributed by atoms with Crippen LogP contribution in [0.15, 0.2) is 24.0 Å². The smallest absolute Gasteiger partial charge is 0.216 e. The maximum Gasteiger partial charge on any atom is 0.216 e. The molecule has 2 aromatic heterocycles. The lowest BCUT2D eigenvalue weighted by molar-refractivity contribution is -0.118.